The molecule has 0 spiro atoms. The highest BCUT2D eigenvalue weighted by Crippen LogP contribution is 2.18. The second kappa shape index (κ2) is 2.91. The van der Waals surface area contributed by atoms with Crippen LogP contribution in [-0.2, 0) is 14.8 Å². The topological polar surface area (TPSA) is 77.2 Å². The first-order valence-corrected chi connectivity index (χ1v) is 5.17. The first kappa shape index (κ1) is 8.67. The molecule has 0 aromatic heterocycles. The van der Waals surface area contributed by atoms with Crippen LogP contribution >= 0.6 is 0 Å². The summed E-state index contributed by atoms with van der Waals surface area (Å²) in [5.41, 5.74) is 0. The average molecular weight is 177 g/mol. The highest BCUT2D eigenvalue weighted by Gasteiger charge is 2.31. The summed E-state index contributed by atoms with van der Waals surface area (Å²) in [5.74, 6) is -0.223. The SMILES string of the molecule is NS(=O)(=O)C1CCCCC1=O. The van der Waals surface area contributed by atoms with E-state index in [2.05, 4.69) is 0 Å². The zero-order valence-electron chi connectivity index (χ0n) is 6.12. The summed E-state index contributed by atoms with van der Waals surface area (Å²) >= 11 is 0. The molecule has 1 unspecified atom stereocenters. The Morgan fingerprint density at radius 2 is 2.00 bits per heavy atom. The van der Waals surface area contributed by atoms with Gasteiger partial charge in [0.15, 0.2) is 5.78 Å². The van der Waals surface area contributed by atoms with Crippen molar-refractivity contribution in [1.82, 2.24) is 0 Å². The monoisotopic (exact) mass is 177 g/mol. The highest BCUT2D eigenvalue weighted by atomic mass is 32.2. The van der Waals surface area contributed by atoms with Gasteiger partial charge in [-0.25, -0.2) is 13.6 Å². The predicted molar refractivity (Wildman–Crippen MR) is 40.4 cm³/mol. The third kappa shape index (κ3) is 2.00. The van der Waals surface area contributed by atoms with Crippen molar-refractivity contribution in [2.45, 2.75) is 30.9 Å². The van der Waals surface area contributed by atoms with Crippen LogP contribution in [0.2, 0.25) is 0 Å². The van der Waals surface area contributed by atoms with Crippen molar-refractivity contribution in [1.29, 1.82) is 0 Å². The molecule has 0 aromatic carbocycles. The zero-order valence-corrected chi connectivity index (χ0v) is 6.93. The van der Waals surface area contributed by atoms with Crippen molar-refractivity contribution in [3.63, 3.8) is 0 Å². The van der Waals surface area contributed by atoms with Gasteiger partial charge in [-0.2, -0.15) is 0 Å². The fraction of sp³-hybridized carbons (Fsp3) is 0.833. The van der Waals surface area contributed by atoms with Gasteiger partial charge in [0.2, 0.25) is 10.0 Å². The second-order valence-electron chi connectivity index (χ2n) is 2.79. The lowest BCUT2D eigenvalue weighted by molar-refractivity contribution is -0.119. The number of hydrogen-bond donors (Lipinski definition) is 1. The Morgan fingerprint density at radius 3 is 2.36 bits per heavy atom. The van der Waals surface area contributed by atoms with E-state index in [1.54, 1.807) is 0 Å². The van der Waals surface area contributed by atoms with Crippen LogP contribution in [0.4, 0.5) is 0 Å². The standard InChI is InChI=1S/C6H11NO3S/c7-11(9,10)6-4-2-1-3-5(6)8/h6H,1-4H2,(H2,7,9,10). The Morgan fingerprint density at radius 1 is 1.36 bits per heavy atom. The summed E-state index contributed by atoms with van der Waals surface area (Å²) in [7, 11) is -3.62. The van der Waals surface area contributed by atoms with Gasteiger partial charge in [-0.15, -0.1) is 0 Å². The van der Waals surface area contributed by atoms with E-state index >= 15 is 0 Å². The molecule has 11 heavy (non-hydrogen) atoms. The quantitative estimate of drug-likeness (QED) is 0.601. The van der Waals surface area contributed by atoms with Gasteiger partial charge in [0.25, 0.3) is 0 Å². The van der Waals surface area contributed by atoms with E-state index in [1.807, 2.05) is 0 Å². The lowest BCUT2D eigenvalue weighted by Gasteiger charge is -2.17. The van der Waals surface area contributed by atoms with Crippen LogP contribution in [0.1, 0.15) is 25.7 Å². The molecule has 1 saturated carbocycles. The zero-order chi connectivity index (χ0) is 8.48. The molecule has 0 amide bonds. The number of ketones is 1. The van der Waals surface area contributed by atoms with Gasteiger partial charge in [0.05, 0.1) is 0 Å². The molecule has 0 bridgehead atoms. The molecule has 0 aromatic rings. The number of sulfonamides is 1. The van der Waals surface area contributed by atoms with Gasteiger partial charge in [-0.1, -0.05) is 6.42 Å². The molecule has 1 rings (SSSR count). The van der Waals surface area contributed by atoms with Crippen LogP contribution in [0.5, 0.6) is 0 Å². The maximum Gasteiger partial charge on any atom is 0.219 e. The van der Waals surface area contributed by atoms with E-state index < -0.39 is 15.3 Å². The molecule has 64 valence electrons. The summed E-state index contributed by atoms with van der Waals surface area (Å²) in [6.45, 7) is 0. The van der Waals surface area contributed by atoms with E-state index in [-0.39, 0.29) is 5.78 Å². The summed E-state index contributed by atoms with van der Waals surface area (Å²) < 4.78 is 21.5. The first-order valence-electron chi connectivity index (χ1n) is 3.56. The van der Waals surface area contributed by atoms with E-state index in [0.29, 0.717) is 12.8 Å². The van der Waals surface area contributed by atoms with Gasteiger partial charge in [-0.05, 0) is 12.8 Å². The number of carbonyl (C=O) groups is 1. The Hall–Kier alpha value is -0.420. The predicted octanol–water partition coefficient (Wildman–Crippen LogP) is -0.213. The van der Waals surface area contributed by atoms with Crippen LogP contribution in [0.15, 0.2) is 0 Å². The maximum absolute atomic E-state index is 11.0. The Labute approximate surface area is 65.8 Å². The largest absolute Gasteiger partial charge is 0.298 e. The van der Waals surface area contributed by atoms with Crippen molar-refractivity contribution >= 4 is 15.8 Å². The number of primary sulfonamides is 1. The molecule has 1 aliphatic carbocycles. The fourth-order valence-electron chi connectivity index (χ4n) is 1.30. The summed E-state index contributed by atoms with van der Waals surface area (Å²) in [6, 6.07) is 0. The molecular weight excluding hydrogens is 166 g/mol. The summed E-state index contributed by atoms with van der Waals surface area (Å²) in [4.78, 5) is 11.0. The van der Waals surface area contributed by atoms with Crippen molar-refractivity contribution in [3.05, 3.63) is 0 Å². The third-order valence-electron chi connectivity index (χ3n) is 1.90. The van der Waals surface area contributed by atoms with Crippen LogP contribution in [0.25, 0.3) is 0 Å². The molecule has 0 radical (unpaired) electrons. The number of nitrogens with two attached hydrogens (primary N) is 1. The number of hydrogen-bond acceptors (Lipinski definition) is 3. The normalized spacial score (nSPS) is 27.0. The van der Waals surface area contributed by atoms with Gasteiger partial charge in [0, 0.05) is 6.42 Å². The molecule has 2 N–H and O–H groups in total. The van der Waals surface area contributed by atoms with Crippen LogP contribution in [0, 0.1) is 0 Å². The first-order chi connectivity index (χ1) is 5.02. The molecular formula is C6H11NO3S. The van der Waals surface area contributed by atoms with Gasteiger partial charge in [-0.3, -0.25) is 4.79 Å². The number of carbonyl (C=O) groups excluding carboxylic acids is 1. The van der Waals surface area contributed by atoms with Gasteiger partial charge >= 0.3 is 0 Å². The van der Waals surface area contributed by atoms with Crippen LogP contribution < -0.4 is 5.14 Å². The van der Waals surface area contributed by atoms with Gasteiger partial charge in [0.1, 0.15) is 5.25 Å². The fourth-order valence-corrected chi connectivity index (χ4v) is 2.28. The molecule has 1 fully saturated rings. The van der Waals surface area contributed by atoms with E-state index in [1.165, 1.54) is 0 Å². The lowest BCUT2D eigenvalue weighted by Crippen LogP contribution is -2.37. The Kier molecular flexibility index (Phi) is 2.29. The molecule has 0 saturated heterocycles. The minimum absolute atomic E-state index is 0.223. The average Bonchev–Trinajstić information content (AvgIpc) is 1.86. The van der Waals surface area contributed by atoms with Crippen LogP contribution in [-0.4, -0.2) is 19.5 Å². The van der Waals surface area contributed by atoms with Crippen molar-refractivity contribution in [3.8, 4) is 0 Å². The number of Topliss-reactive ketones (excluding diaryl/α,β-unsaturated/α-hetero) is 1. The van der Waals surface area contributed by atoms with Gasteiger partial charge < -0.3 is 0 Å². The molecule has 1 aliphatic rings. The second-order valence-corrected chi connectivity index (χ2v) is 4.54. The molecule has 0 heterocycles. The lowest BCUT2D eigenvalue weighted by atomic mass is 9.99. The van der Waals surface area contributed by atoms with E-state index in [4.69, 9.17) is 5.14 Å². The smallest absolute Gasteiger partial charge is 0.219 e. The minimum Gasteiger partial charge on any atom is -0.298 e. The number of rotatable bonds is 1. The summed E-state index contributed by atoms with van der Waals surface area (Å²) in [5, 5.41) is 3.93. The maximum atomic E-state index is 11.0. The molecule has 1 atom stereocenters. The van der Waals surface area contributed by atoms with Crippen molar-refractivity contribution < 1.29 is 13.2 Å². The third-order valence-corrected chi connectivity index (χ3v) is 3.19. The molecule has 5 heteroatoms. The Balaban J connectivity index is 2.78. The molecule has 0 aliphatic heterocycles. The molecule has 4 nitrogen and oxygen atoms in total. The van der Waals surface area contributed by atoms with Crippen LogP contribution in [0.3, 0.4) is 0 Å². The van der Waals surface area contributed by atoms with Crippen molar-refractivity contribution in [2.24, 2.45) is 5.14 Å². The Bertz CT molecular complexity index is 257. The minimum atomic E-state index is -3.62. The highest BCUT2D eigenvalue weighted by molar-refractivity contribution is 7.90. The van der Waals surface area contributed by atoms with Crippen molar-refractivity contribution in [2.75, 3.05) is 0 Å². The summed E-state index contributed by atoms with van der Waals surface area (Å²) in [6.07, 6.45) is 2.34. The van der Waals surface area contributed by atoms with E-state index in [0.717, 1.165) is 12.8 Å². The van der Waals surface area contributed by atoms with E-state index in [9.17, 15) is 13.2 Å².